The molecule has 1 aliphatic rings. The molecule has 1 aliphatic heterocycles. The van der Waals surface area contributed by atoms with Gasteiger partial charge in [-0.2, -0.15) is 0 Å². The van der Waals surface area contributed by atoms with Gasteiger partial charge in [-0.1, -0.05) is 79.5 Å². The molecule has 2 heterocycles. The normalized spacial score (nSPS) is 14.3. The van der Waals surface area contributed by atoms with Crippen molar-refractivity contribution in [2.24, 2.45) is 0 Å². The Morgan fingerprint density at radius 1 is 0.895 bits per heavy atom. The molecule has 1 aromatic heterocycles. The van der Waals surface area contributed by atoms with E-state index in [9.17, 15) is 9.59 Å². The van der Waals surface area contributed by atoms with Gasteiger partial charge < -0.3 is 9.47 Å². The first-order valence-electron chi connectivity index (χ1n) is 12.9. The number of amides is 2. The third kappa shape index (κ3) is 5.29. The van der Waals surface area contributed by atoms with E-state index >= 15 is 0 Å². The van der Waals surface area contributed by atoms with Gasteiger partial charge in [0.25, 0.3) is 0 Å². The molecule has 4 aromatic rings. The van der Waals surface area contributed by atoms with E-state index in [1.54, 1.807) is 17.1 Å². The fourth-order valence-corrected chi connectivity index (χ4v) is 5.04. The second-order valence-corrected chi connectivity index (χ2v) is 9.80. The predicted octanol–water partition coefficient (Wildman–Crippen LogP) is 6.91. The first-order valence-corrected chi connectivity index (χ1v) is 13.3. The highest BCUT2D eigenvalue weighted by Crippen LogP contribution is 2.42. The van der Waals surface area contributed by atoms with Crippen LogP contribution in [0.5, 0.6) is 0 Å². The zero-order valence-electron chi connectivity index (χ0n) is 21.3. The summed E-state index contributed by atoms with van der Waals surface area (Å²) in [6.45, 7) is 2.57. The van der Waals surface area contributed by atoms with Gasteiger partial charge in [-0.05, 0) is 60.0 Å². The molecule has 3 aromatic carbocycles. The summed E-state index contributed by atoms with van der Waals surface area (Å²) in [5.41, 5.74) is 4.61. The van der Waals surface area contributed by atoms with Crippen LogP contribution in [0.1, 0.15) is 42.6 Å². The van der Waals surface area contributed by atoms with Gasteiger partial charge in [0.05, 0.1) is 17.1 Å². The Labute approximate surface area is 228 Å². The number of fused-ring (bicyclic) bond motifs is 3. The van der Waals surface area contributed by atoms with Crippen LogP contribution in [0, 0.1) is 0 Å². The van der Waals surface area contributed by atoms with Gasteiger partial charge in [0, 0.05) is 23.8 Å². The van der Waals surface area contributed by atoms with Crippen LogP contribution >= 0.6 is 11.6 Å². The number of carbonyl (C=O) groups is 2. The van der Waals surface area contributed by atoms with Gasteiger partial charge in [0.2, 0.25) is 11.8 Å². The molecule has 1 unspecified atom stereocenters. The zero-order chi connectivity index (χ0) is 26.5. The van der Waals surface area contributed by atoms with Gasteiger partial charge in [0.1, 0.15) is 12.6 Å². The highest BCUT2D eigenvalue weighted by molar-refractivity contribution is 6.30. The number of hydrogen-bond donors (Lipinski definition) is 0. The number of unbranched alkanes of at least 4 members (excludes halogenated alkanes) is 1. The first-order chi connectivity index (χ1) is 18.6. The SMILES string of the molecule is CCCCN(CC(=O)N1c2ccccc2-n2cccc2C1c1ccc(Cl)cc1)C(=O)C=Cc1ccccc1. The fourth-order valence-electron chi connectivity index (χ4n) is 4.92. The quantitative estimate of drug-likeness (QED) is 0.236. The van der Waals surface area contributed by atoms with Crippen molar-refractivity contribution < 1.29 is 9.59 Å². The molecule has 6 heteroatoms. The van der Waals surface area contributed by atoms with Crippen molar-refractivity contribution in [2.45, 2.75) is 25.8 Å². The van der Waals surface area contributed by atoms with Crippen molar-refractivity contribution in [1.82, 2.24) is 9.47 Å². The van der Waals surface area contributed by atoms with Crippen LogP contribution in [0.25, 0.3) is 11.8 Å². The fraction of sp³-hybridized carbons (Fsp3) is 0.188. The molecule has 0 bridgehead atoms. The molecule has 2 amide bonds. The Morgan fingerprint density at radius 2 is 1.61 bits per heavy atom. The number of rotatable bonds is 8. The van der Waals surface area contributed by atoms with Crippen molar-refractivity contribution in [1.29, 1.82) is 0 Å². The minimum Gasteiger partial charge on any atom is -0.330 e. The summed E-state index contributed by atoms with van der Waals surface area (Å²) < 4.78 is 2.13. The van der Waals surface area contributed by atoms with Crippen LogP contribution in [-0.4, -0.2) is 34.4 Å². The lowest BCUT2D eigenvalue weighted by atomic mass is 9.97. The summed E-state index contributed by atoms with van der Waals surface area (Å²) in [6, 6.07) is 28.9. The number of carbonyl (C=O) groups excluding carboxylic acids is 2. The molecular weight excluding hydrogens is 494 g/mol. The van der Waals surface area contributed by atoms with Gasteiger partial charge >= 0.3 is 0 Å². The molecule has 0 radical (unpaired) electrons. The van der Waals surface area contributed by atoms with E-state index in [4.69, 9.17) is 11.6 Å². The van der Waals surface area contributed by atoms with Gasteiger partial charge in [-0.15, -0.1) is 0 Å². The molecular formula is C32H30ClN3O2. The van der Waals surface area contributed by atoms with Crippen molar-refractivity contribution in [2.75, 3.05) is 18.0 Å². The van der Waals surface area contributed by atoms with Crippen LogP contribution in [0.3, 0.4) is 0 Å². The molecule has 1 atom stereocenters. The minimum atomic E-state index is -0.354. The number of halogens is 1. The standard InChI is InChI=1S/C32H30ClN3O2/c1-2-3-21-34(30(37)20-15-24-10-5-4-6-11-24)23-31(38)36-28-13-8-7-12-27(28)35-22-9-14-29(35)32(36)25-16-18-26(33)19-17-25/h4-20,22,32H,2-3,21,23H2,1H3. The molecule has 0 spiro atoms. The van der Waals surface area contributed by atoms with Crippen molar-refractivity contribution in [3.63, 3.8) is 0 Å². The van der Waals surface area contributed by atoms with Crippen LogP contribution in [0.2, 0.25) is 5.02 Å². The highest BCUT2D eigenvalue weighted by atomic mass is 35.5. The maximum Gasteiger partial charge on any atom is 0.247 e. The number of benzene rings is 3. The van der Waals surface area contributed by atoms with Crippen LogP contribution in [0.4, 0.5) is 5.69 Å². The highest BCUT2D eigenvalue weighted by Gasteiger charge is 2.36. The summed E-state index contributed by atoms with van der Waals surface area (Å²) in [5, 5.41) is 0.639. The number of aromatic nitrogens is 1. The molecule has 0 fully saturated rings. The van der Waals surface area contributed by atoms with Crippen molar-refractivity contribution >= 4 is 35.2 Å². The van der Waals surface area contributed by atoms with E-state index in [0.29, 0.717) is 11.6 Å². The van der Waals surface area contributed by atoms with Crippen LogP contribution in [0.15, 0.2) is 103 Å². The van der Waals surface area contributed by atoms with Crippen molar-refractivity contribution in [3.05, 3.63) is 125 Å². The predicted molar refractivity (Wildman–Crippen MR) is 154 cm³/mol. The Bertz CT molecular complexity index is 1440. The Hall–Kier alpha value is -4.09. The maximum atomic E-state index is 14.2. The third-order valence-electron chi connectivity index (χ3n) is 6.81. The van der Waals surface area contributed by atoms with E-state index in [2.05, 4.69) is 11.5 Å². The maximum absolute atomic E-state index is 14.2. The smallest absolute Gasteiger partial charge is 0.247 e. The Kier molecular flexibility index (Phi) is 7.75. The Balaban J connectivity index is 1.50. The van der Waals surface area contributed by atoms with E-state index in [0.717, 1.165) is 41.0 Å². The average Bonchev–Trinajstić information content (AvgIpc) is 3.44. The van der Waals surface area contributed by atoms with Gasteiger partial charge in [0.15, 0.2) is 0 Å². The zero-order valence-corrected chi connectivity index (χ0v) is 22.1. The number of nitrogens with zero attached hydrogens (tertiary/aromatic N) is 3. The van der Waals surface area contributed by atoms with Gasteiger partial charge in [-0.25, -0.2) is 0 Å². The Morgan fingerprint density at radius 3 is 2.34 bits per heavy atom. The molecule has 0 aliphatic carbocycles. The second kappa shape index (κ2) is 11.5. The molecule has 0 saturated carbocycles. The number of hydrogen-bond acceptors (Lipinski definition) is 2. The second-order valence-electron chi connectivity index (χ2n) is 9.37. The lowest BCUT2D eigenvalue weighted by Gasteiger charge is -2.39. The largest absolute Gasteiger partial charge is 0.330 e. The minimum absolute atomic E-state index is 0.0168. The van der Waals surface area contributed by atoms with Crippen LogP contribution < -0.4 is 4.90 Å². The molecule has 0 N–H and O–H groups in total. The van der Waals surface area contributed by atoms with E-state index < -0.39 is 0 Å². The van der Waals surface area contributed by atoms with Crippen molar-refractivity contribution in [3.8, 4) is 5.69 Å². The topological polar surface area (TPSA) is 45.6 Å². The van der Waals surface area contributed by atoms with E-state index in [1.165, 1.54) is 0 Å². The summed E-state index contributed by atoms with van der Waals surface area (Å²) in [6.07, 6.45) is 7.12. The van der Waals surface area contributed by atoms with E-state index in [-0.39, 0.29) is 24.4 Å². The third-order valence-corrected chi connectivity index (χ3v) is 7.06. The lowest BCUT2D eigenvalue weighted by Crippen LogP contribution is -2.46. The molecule has 192 valence electrons. The summed E-state index contributed by atoms with van der Waals surface area (Å²) in [7, 11) is 0. The summed E-state index contributed by atoms with van der Waals surface area (Å²) >= 11 is 6.20. The lowest BCUT2D eigenvalue weighted by molar-refractivity contribution is -0.131. The summed E-state index contributed by atoms with van der Waals surface area (Å²) in [4.78, 5) is 30.9. The molecule has 5 nitrogen and oxygen atoms in total. The van der Waals surface area contributed by atoms with E-state index in [1.807, 2.05) is 102 Å². The van der Waals surface area contributed by atoms with Crippen LogP contribution in [-0.2, 0) is 9.59 Å². The molecule has 5 rings (SSSR count). The monoisotopic (exact) mass is 523 g/mol. The molecule has 38 heavy (non-hydrogen) atoms. The first kappa shape index (κ1) is 25.6. The summed E-state index contributed by atoms with van der Waals surface area (Å²) in [5.74, 6) is -0.310. The van der Waals surface area contributed by atoms with Gasteiger partial charge in [-0.3, -0.25) is 14.5 Å². The number of para-hydroxylation sites is 2. The average molecular weight is 524 g/mol. The molecule has 0 saturated heterocycles. The number of anilines is 1.